The monoisotopic (exact) mass is 161 g/mol. The van der Waals surface area contributed by atoms with Gasteiger partial charge in [-0.3, -0.25) is 10.4 Å². The fourth-order valence-electron chi connectivity index (χ4n) is 0.877. The van der Waals surface area contributed by atoms with Gasteiger partial charge >= 0.3 is 0 Å². The van der Waals surface area contributed by atoms with Crippen molar-refractivity contribution < 1.29 is 0 Å². The first-order valence-corrected chi connectivity index (χ1v) is 3.68. The first kappa shape index (κ1) is 8.46. The highest BCUT2D eigenvalue weighted by atomic mass is 15.3. The molecule has 1 N–H and O–H groups in total. The number of hydrogen-bond donors (Lipinski definition) is 1. The molecule has 1 aromatic heterocycles. The molecule has 0 aliphatic carbocycles. The second-order valence-corrected chi connectivity index (χ2v) is 2.19. The van der Waals surface area contributed by atoms with Crippen LogP contribution in [0.15, 0.2) is 35.6 Å². The van der Waals surface area contributed by atoms with Crippen LogP contribution in [-0.2, 0) is 0 Å². The predicted octanol–water partition coefficient (Wildman–Crippen LogP) is 1.65. The first-order chi connectivity index (χ1) is 5.88. The summed E-state index contributed by atoms with van der Waals surface area (Å²) >= 11 is 0. The maximum Gasteiger partial charge on any atom is 0.0876 e. The summed E-state index contributed by atoms with van der Waals surface area (Å²) in [5, 5.41) is 3.57. The van der Waals surface area contributed by atoms with Crippen LogP contribution in [0.4, 0.5) is 0 Å². The average Bonchev–Trinajstić information content (AvgIpc) is 2.15. The summed E-state index contributed by atoms with van der Waals surface area (Å²) in [6.07, 6.45) is 3.64. The predicted molar refractivity (Wildman–Crippen MR) is 50.6 cm³/mol. The van der Waals surface area contributed by atoms with Gasteiger partial charge in [0.15, 0.2) is 0 Å². The van der Waals surface area contributed by atoms with Crippen molar-refractivity contribution in [1.82, 2.24) is 10.4 Å². The highest BCUT2D eigenvalue weighted by Crippen LogP contribution is 2.06. The number of rotatable bonds is 3. The minimum atomic E-state index is 0.866. The molecule has 3 heteroatoms. The van der Waals surface area contributed by atoms with Crippen molar-refractivity contribution in [3.8, 4) is 0 Å². The van der Waals surface area contributed by atoms with E-state index in [-0.39, 0.29) is 0 Å². The minimum Gasteiger partial charge on any atom is -0.277 e. The molecule has 0 amide bonds. The minimum absolute atomic E-state index is 0.866. The second kappa shape index (κ2) is 4.28. The Labute approximate surface area is 71.8 Å². The number of nitrogens with zero attached hydrogens (tertiary/aromatic N) is 2. The molecule has 0 saturated carbocycles. The first-order valence-electron chi connectivity index (χ1n) is 3.68. The fraction of sp³-hybridized carbons (Fsp3) is 0.111. The molecule has 0 aromatic carbocycles. The van der Waals surface area contributed by atoms with Crippen molar-refractivity contribution >= 4 is 12.4 Å². The highest BCUT2D eigenvalue weighted by Gasteiger charge is 1.97. The molecule has 0 unspecified atom stereocenters. The standard InChI is InChI=1S/C9H11N3/c1-3-8(12-10-2)9-6-4-5-7-11-9/h3-7,12H,2H2,1H3/b8-3-. The van der Waals surface area contributed by atoms with Gasteiger partial charge < -0.3 is 0 Å². The Hall–Kier alpha value is -1.64. The third-order valence-corrected chi connectivity index (χ3v) is 1.43. The Morgan fingerprint density at radius 3 is 3.00 bits per heavy atom. The van der Waals surface area contributed by atoms with Gasteiger partial charge in [-0.25, -0.2) is 0 Å². The van der Waals surface area contributed by atoms with Gasteiger partial charge in [-0.15, -0.1) is 0 Å². The Bertz CT molecular complexity index is 277. The molecule has 0 fully saturated rings. The summed E-state index contributed by atoms with van der Waals surface area (Å²) < 4.78 is 0. The van der Waals surface area contributed by atoms with Crippen LogP contribution in [0, 0.1) is 0 Å². The Morgan fingerprint density at radius 1 is 1.67 bits per heavy atom. The molecule has 0 spiro atoms. The molecule has 0 saturated heterocycles. The van der Waals surface area contributed by atoms with Crippen LogP contribution < -0.4 is 5.43 Å². The van der Waals surface area contributed by atoms with Gasteiger partial charge in [-0.2, -0.15) is 5.10 Å². The van der Waals surface area contributed by atoms with Crippen LogP contribution in [0.25, 0.3) is 5.70 Å². The van der Waals surface area contributed by atoms with E-state index in [9.17, 15) is 0 Å². The molecular weight excluding hydrogens is 150 g/mol. The summed E-state index contributed by atoms with van der Waals surface area (Å²) in [6, 6.07) is 5.71. The number of hydrazone groups is 1. The van der Waals surface area contributed by atoms with E-state index >= 15 is 0 Å². The number of nitrogens with one attached hydrogen (secondary N) is 1. The maximum atomic E-state index is 4.15. The molecule has 1 heterocycles. The van der Waals surface area contributed by atoms with Crippen LogP contribution >= 0.6 is 0 Å². The lowest BCUT2D eigenvalue weighted by Crippen LogP contribution is -2.04. The zero-order chi connectivity index (χ0) is 8.81. The zero-order valence-corrected chi connectivity index (χ0v) is 6.99. The van der Waals surface area contributed by atoms with Gasteiger partial charge in [0.25, 0.3) is 0 Å². The molecule has 0 aliphatic rings. The quantitative estimate of drug-likeness (QED) is 0.540. The molecule has 3 nitrogen and oxygen atoms in total. The van der Waals surface area contributed by atoms with Crippen molar-refractivity contribution in [1.29, 1.82) is 0 Å². The molecule has 1 aromatic rings. The van der Waals surface area contributed by atoms with E-state index in [1.807, 2.05) is 31.2 Å². The van der Waals surface area contributed by atoms with Crippen LogP contribution in [0.5, 0.6) is 0 Å². The largest absolute Gasteiger partial charge is 0.277 e. The van der Waals surface area contributed by atoms with Gasteiger partial charge in [0, 0.05) is 12.9 Å². The molecule has 0 atom stereocenters. The maximum absolute atomic E-state index is 4.15. The van der Waals surface area contributed by atoms with Crippen molar-refractivity contribution in [2.45, 2.75) is 6.92 Å². The Balaban J connectivity index is 2.88. The number of pyridine rings is 1. The number of allylic oxidation sites excluding steroid dienone is 1. The molecule has 1 rings (SSSR count). The van der Waals surface area contributed by atoms with Crippen molar-refractivity contribution in [2.24, 2.45) is 5.10 Å². The van der Waals surface area contributed by atoms with E-state index in [0.29, 0.717) is 0 Å². The molecular formula is C9H11N3. The van der Waals surface area contributed by atoms with E-state index in [1.54, 1.807) is 6.20 Å². The van der Waals surface area contributed by atoms with Crippen molar-refractivity contribution in [2.75, 3.05) is 0 Å². The third-order valence-electron chi connectivity index (χ3n) is 1.43. The summed E-state index contributed by atoms with van der Waals surface area (Å²) in [7, 11) is 0. The molecule has 0 bridgehead atoms. The van der Waals surface area contributed by atoms with E-state index in [2.05, 4.69) is 22.2 Å². The molecule has 12 heavy (non-hydrogen) atoms. The van der Waals surface area contributed by atoms with E-state index < -0.39 is 0 Å². The lowest BCUT2D eigenvalue weighted by atomic mass is 10.3. The summed E-state index contributed by atoms with van der Waals surface area (Å²) in [5.41, 5.74) is 4.50. The normalized spacial score (nSPS) is 10.9. The van der Waals surface area contributed by atoms with E-state index in [0.717, 1.165) is 11.4 Å². The van der Waals surface area contributed by atoms with Crippen LogP contribution in [0.2, 0.25) is 0 Å². The number of hydrogen-bond acceptors (Lipinski definition) is 3. The van der Waals surface area contributed by atoms with Gasteiger partial charge in [0.1, 0.15) is 0 Å². The summed E-state index contributed by atoms with van der Waals surface area (Å²) in [6.45, 7) is 5.26. The van der Waals surface area contributed by atoms with E-state index in [1.165, 1.54) is 0 Å². The SMILES string of the molecule is C=NN/C(=C\C)c1ccccn1. The Morgan fingerprint density at radius 2 is 2.50 bits per heavy atom. The van der Waals surface area contributed by atoms with Gasteiger partial charge in [-0.05, 0) is 19.1 Å². The second-order valence-electron chi connectivity index (χ2n) is 2.19. The lowest BCUT2D eigenvalue weighted by Gasteiger charge is -2.03. The van der Waals surface area contributed by atoms with Crippen LogP contribution in [0.1, 0.15) is 12.6 Å². The smallest absolute Gasteiger partial charge is 0.0876 e. The molecule has 0 aliphatic heterocycles. The van der Waals surface area contributed by atoms with Gasteiger partial charge in [0.05, 0.1) is 11.4 Å². The topological polar surface area (TPSA) is 37.3 Å². The van der Waals surface area contributed by atoms with E-state index in [4.69, 9.17) is 0 Å². The Kier molecular flexibility index (Phi) is 3.02. The number of aromatic nitrogens is 1. The zero-order valence-electron chi connectivity index (χ0n) is 6.99. The molecule has 62 valence electrons. The van der Waals surface area contributed by atoms with Gasteiger partial charge in [0.2, 0.25) is 0 Å². The summed E-state index contributed by atoms with van der Waals surface area (Å²) in [5.74, 6) is 0. The van der Waals surface area contributed by atoms with Crippen molar-refractivity contribution in [3.05, 3.63) is 36.2 Å². The van der Waals surface area contributed by atoms with Crippen molar-refractivity contribution in [3.63, 3.8) is 0 Å². The fourth-order valence-corrected chi connectivity index (χ4v) is 0.877. The average molecular weight is 161 g/mol. The van der Waals surface area contributed by atoms with Crippen LogP contribution in [-0.4, -0.2) is 11.7 Å². The van der Waals surface area contributed by atoms with Gasteiger partial charge in [-0.1, -0.05) is 12.1 Å². The summed E-state index contributed by atoms with van der Waals surface area (Å²) in [4.78, 5) is 4.15. The third kappa shape index (κ3) is 1.92. The van der Waals surface area contributed by atoms with Crippen LogP contribution in [0.3, 0.4) is 0 Å². The lowest BCUT2D eigenvalue weighted by molar-refractivity contribution is 0.987. The highest BCUT2D eigenvalue weighted by molar-refractivity contribution is 5.60. The molecule has 0 radical (unpaired) electrons.